The minimum absolute atomic E-state index is 0.00705. The monoisotopic (exact) mass is 614 g/mol. The van der Waals surface area contributed by atoms with Gasteiger partial charge < -0.3 is 43.0 Å². The first kappa shape index (κ1) is 29.2. The Kier molecular flexibility index (Phi) is 7.03. The van der Waals surface area contributed by atoms with Gasteiger partial charge in [0.25, 0.3) is 5.79 Å². The zero-order valence-corrected chi connectivity index (χ0v) is 25.6. The number of Topliss-reactive ketones (excluding diaryl/α,β-unsaturated/α-hetero) is 1. The highest BCUT2D eigenvalue weighted by Crippen LogP contribution is 2.70. The number of rotatable bonds is 7. The molecule has 45 heavy (non-hydrogen) atoms. The molecule has 3 aromatic carbocycles. The van der Waals surface area contributed by atoms with E-state index in [2.05, 4.69) is 0 Å². The lowest BCUT2D eigenvalue weighted by molar-refractivity contribution is -0.281. The van der Waals surface area contributed by atoms with E-state index in [0.717, 1.165) is 11.1 Å². The van der Waals surface area contributed by atoms with Crippen LogP contribution in [0.25, 0.3) is 0 Å². The van der Waals surface area contributed by atoms with Crippen LogP contribution in [0, 0.1) is 0 Å². The molecule has 3 heterocycles. The summed E-state index contributed by atoms with van der Waals surface area (Å²) in [5.41, 5.74) is 0.851. The highest BCUT2D eigenvalue weighted by molar-refractivity contribution is 6.11. The van der Waals surface area contributed by atoms with Gasteiger partial charge in [0.05, 0.1) is 50.2 Å². The van der Waals surface area contributed by atoms with Crippen LogP contribution in [0.2, 0.25) is 0 Å². The van der Waals surface area contributed by atoms with Crippen LogP contribution in [0.5, 0.6) is 23.0 Å². The van der Waals surface area contributed by atoms with Crippen molar-refractivity contribution in [1.82, 2.24) is 0 Å². The van der Waals surface area contributed by atoms with E-state index in [1.807, 2.05) is 60.7 Å². The summed E-state index contributed by atoms with van der Waals surface area (Å²) in [4.78, 5) is 14.1. The number of benzene rings is 3. The Labute approximate surface area is 260 Å². The predicted octanol–water partition coefficient (Wildman–Crippen LogP) is 5.72. The zero-order chi connectivity index (χ0) is 31.5. The van der Waals surface area contributed by atoms with E-state index in [-0.39, 0.29) is 45.7 Å². The molecule has 1 N–H and O–H groups in total. The number of carbonyl (C=O) groups excluding carboxylic acids is 1. The molecular formula is C35H34O10. The molecular weight excluding hydrogens is 580 g/mol. The van der Waals surface area contributed by atoms with E-state index in [1.54, 1.807) is 13.2 Å². The number of hydrogen-bond donors (Lipinski definition) is 1. The maximum absolute atomic E-state index is 14.1. The normalized spacial score (nSPS) is 28.1. The van der Waals surface area contributed by atoms with E-state index in [9.17, 15) is 9.90 Å². The third kappa shape index (κ3) is 3.82. The van der Waals surface area contributed by atoms with Gasteiger partial charge in [-0.2, -0.15) is 0 Å². The van der Waals surface area contributed by atoms with Gasteiger partial charge in [0, 0.05) is 20.6 Å². The summed E-state index contributed by atoms with van der Waals surface area (Å²) in [6.45, 7) is 0. The van der Waals surface area contributed by atoms with Crippen LogP contribution in [0.4, 0.5) is 0 Å². The van der Waals surface area contributed by atoms with E-state index in [4.69, 9.17) is 37.9 Å². The molecule has 0 radical (unpaired) electrons. The van der Waals surface area contributed by atoms with Gasteiger partial charge in [-0.05, 0) is 17.5 Å². The summed E-state index contributed by atoms with van der Waals surface area (Å²) < 4.78 is 50.3. The summed E-state index contributed by atoms with van der Waals surface area (Å²) in [7, 11) is 7.27. The maximum Gasteiger partial charge on any atom is 0.283 e. The van der Waals surface area contributed by atoms with Crippen molar-refractivity contribution in [3.8, 4) is 23.0 Å². The minimum Gasteiger partial charge on any atom is -0.502 e. The SMILES string of the molecule is COC1=C(OC)[C@]2(OC)c3c(OC)c(O)c4c(c3O[C@@]23O[C@@H](c2ccccc2)CC=C3C1=O)[C@@H](OC)C[C@H](c1ccccc1)O4. The summed E-state index contributed by atoms with van der Waals surface area (Å²) >= 11 is 0. The van der Waals surface area contributed by atoms with Crippen LogP contribution in [0.15, 0.2) is 83.8 Å². The molecule has 0 amide bonds. The summed E-state index contributed by atoms with van der Waals surface area (Å²) in [6, 6.07) is 19.3. The first-order valence-electron chi connectivity index (χ1n) is 14.7. The standard InChI is InChI=1S/C35H34O10/c1-38-24-18-23(20-14-10-7-11-15-20)43-30-25(24)29-26(31(39-2)28(30)37)34(42-5)33(41-4)32(40-3)27(36)21-16-17-22(44-35(21,34)45-29)19-12-8-6-9-13-19/h6-16,22-24,37H,17-18H2,1-5H3/t22-,23-,24+,34-,35-/m1/s1. The van der Waals surface area contributed by atoms with Gasteiger partial charge in [-0.3, -0.25) is 4.79 Å². The third-order valence-corrected chi connectivity index (χ3v) is 9.17. The van der Waals surface area contributed by atoms with Crippen LogP contribution in [0.3, 0.4) is 0 Å². The number of methoxy groups -OCH3 is 5. The smallest absolute Gasteiger partial charge is 0.283 e. The van der Waals surface area contributed by atoms with Gasteiger partial charge in [-0.15, -0.1) is 0 Å². The van der Waals surface area contributed by atoms with Crippen LogP contribution in [-0.2, 0) is 34.1 Å². The van der Waals surface area contributed by atoms with Crippen molar-refractivity contribution < 1.29 is 47.8 Å². The summed E-state index contributed by atoms with van der Waals surface area (Å²) in [6.07, 6.45) is 1.03. The lowest BCUT2D eigenvalue weighted by atomic mass is 9.72. The van der Waals surface area contributed by atoms with Gasteiger partial charge in [0.15, 0.2) is 17.3 Å². The van der Waals surface area contributed by atoms with Crippen LogP contribution < -0.4 is 14.2 Å². The van der Waals surface area contributed by atoms with E-state index in [0.29, 0.717) is 18.4 Å². The Hall–Kier alpha value is -4.51. The Bertz CT molecular complexity index is 1720. The Balaban J connectivity index is 1.53. The molecule has 5 atom stereocenters. The molecule has 1 spiro atoms. The van der Waals surface area contributed by atoms with Crippen molar-refractivity contribution in [2.24, 2.45) is 0 Å². The van der Waals surface area contributed by atoms with E-state index in [1.165, 1.54) is 28.4 Å². The number of allylic oxidation sites excluding steroid dienone is 1. The first-order chi connectivity index (χ1) is 21.9. The lowest BCUT2D eigenvalue weighted by Crippen LogP contribution is -2.63. The highest BCUT2D eigenvalue weighted by Gasteiger charge is 2.76. The Morgan fingerprint density at radius 1 is 0.844 bits per heavy atom. The number of hydrogen-bond acceptors (Lipinski definition) is 10. The molecule has 3 aromatic rings. The number of ketones is 1. The van der Waals surface area contributed by atoms with E-state index < -0.39 is 35.5 Å². The van der Waals surface area contributed by atoms with Gasteiger partial charge >= 0.3 is 0 Å². The van der Waals surface area contributed by atoms with Gasteiger partial charge in [0.2, 0.25) is 22.9 Å². The number of aromatic hydroxyl groups is 1. The van der Waals surface area contributed by atoms with Crippen LogP contribution in [-0.4, -0.2) is 52.2 Å². The number of phenols is 1. The fourth-order valence-corrected chi connectivity index (χ4v) is 7.23. The van der Waals surface area contributed by atoms with Crippen molar-refractivity contribution in [2.45, 2.75) is 42.5 Å². The topological polar surface area (TPSA) is 111 Å². The van der Waals surface area contributed by atoms with Crippen LogP contribution in [0.1, 0.15) is 53.4 Å². The van der Waals surface area contributed by atoms with E-state index >= 15 is 0 Å². The second kappa shape index (κ2) is 10.8. The summed E-state index contributed by atoms with van der Waals surface area (Å²) in [5.74, 6) is -2.35. The molecule has 3 aliphatic heterocycles. The fraction of sp³-hybridized carbons (Fsp3) is 0.343. The molecule has 234 valence electrons. The number of phenolic OH excluding ortho intramolecular Hbond substituents is 1. The molecule has 0 fully saturated rings. The lowest BCUT2D eigenvalue weighted by Gasteiger charge is -2.49. The molecule has 0 saturated heterocycles. The first-order valence-corrected chi connectivity index (χ1v) is 14.7. The number of carbonyl (C=O) groups is 1. The molecule has 0 saturated carbocycles. The molecule has 4 aliphatic rings. The zero-order valence-electron chi connectivity index (χ0n) is 25.6. The third-order valence-electron chi connectivity index (χ3n) is 9.17. The van der Waals surface area contributed by atoms with Gasteiger partial charge in [-0.25, -0.2) is 0 Å². The maximum atomic E-state index is 14.1. The second-order valence-corrected chi connectivity index (χ2v) is 11.2. The molecule has 0 aromatic heterocycles. The molecule has 1 aliphatic carbocycles. The van der Waals surface area contributed by atoms with Gasteiger partial charge in [0.1, 0.15) is 11.9 Å². The number of ether oxygens (including phenoxy) is 8. The summed E-state index contributed by atoms with van der Waals surface area (Å²) in [5, 5.41) is 11.9. The molecule has 0 unspecified atom stereocenters. The van der Waals surface area contributed by atoms with Crippen molar-refractivity contribution in [2.75, 3.05) is 35.5 Å². The van der Waals surface area contributed by atoms with Gasteiger partial charge in [-0.1, -0.05) is 66.7 Å². The van der Waals surface area contributed by atoms with Crippen LogP contribution >= 0.6 is 0 Å². The molecule has 10 heteroatoms. The van der Waals surface area contributed by atoms with Crippen molar-refractivity contribution in [3.05, 3.63) is 106 Å². The molecule has 0 bridgehead atoms. The average molecular weight is 615 g/mol. The largest absolute Gasteiger partial charge is 0.502 e. The minimum atomic E-state index is -1.91. The van der Waals surface area contributed by atoms with Crippen molar-refractivity contribution >= 4 is 5.78 Å². The molecule has 10 nitrogen and oxygen atoms in total. The van der Waals surface area contributed by atoms with Crippen molar-refractivity contribution in [3.63, 3.8) is 0 Å². The fourth-order valence-electron chi connectivity index (χ4n) is 7.23. The molecule has 7 rings (SSSR count). The quantitative estimate of drug-likeness (QED) is 0.355. The number of fused-ring (bicyclic) bond motifs is 4. The average Bonchev–Trinajstić information content (AvgIpc) is 3.37. The van der Waals surface area contributed by atoms with Crippen molar-refractivity contribution in [1.29, 1.82) is 0 Å². The second-order valence-electron chi connectivity index (χ2n) is 11.2. The predicted molar refractivity (Wildman–Crippen MR) is 160 cm³/mol. The Morgan fingerprint density at radius 2 is 1.51 bits per heavy atom. The Morgan fingerprint density at radius 3 is 2.09 bits per heavy atom. The highest BCUT2D eigenvalue weighted by atomic mass is 16.7.